The number of hydrogen-bond donors (Lipinski definition) is 0. The molecule has 3 amide bonds. The molecule has 1 atom stereocenters. The van der Waals surface area contributed by atoms with Gasteiger partial charge in [-0.25, -0.2) is 0 Å². The van der Waals surface area contributed by atoms with Gasteiger partial charge in [-0.2, -0.15) is 0 Å². The number of nitrogens with zero attached hydrogens (tertiary/aromatic N) is 4. The maximum absolute atomic E-state index is 12.4. The second-order valence-corrected chi connectivity index (χ2v) is 8.46. The van der Waals surface area contributed by atoms with Gasteiger partial charge in [0.1, 0.15) is 0 Å². The summed E-state index contributed by atoms with van der Waals surface area (Å²) in [4.78, 5) is 43.6. The van der Waals surface area contributed by atoms with Gasteiger partial charge in [0.25, 0.3) is 0 Å². The zero-order valence-corrected chi connectivity index (χ0v) is 16.8. The fourth-order valence-electron chi connectivity index (χ4n) is 4.33. The van der Waals surface area contributed by atoms with E-state index in [2.05, 4.69) is 4.90 Å². The fraction of sp³-hybridized carbons (Fsp3) is 0.842. The minimum absolute atomic E-state index is 0.00277. The normalized spacial score (nSPS) is 26.6. The summed E-state index contributed by atoms with van der Waals surface area (Å²) < 4.78 is 6.15. The lowest BCUT2D eigenvalue weighted by Crippen LogP contribution is -2.53. The topological polar surface area (TPSA) is 73.4 Å². The van der Waals surface area contributed by atoms with Crippen molar-refractivity contribution in [3.05, 3.63) is 0 Å². The van der Waals surface area contributed by atoms with Crippen LogP contribution in [0, 0.1) is 5.92 Å². The molecule has 3 aliphatic rings. The van der Waals surface area contributed by atoms with Gasteiger partial charge in [-0.3, -0.25) is 14.4 Å². The third kappa shape index (κ3) is 4.79. The summed E-state index contributed by atoms with van der Waals surface area (Å²) >= 11 is 0. The van der Waals surface area contributed by atoms with Gasteiger partial charge in [0.05, 0.1) is 31.7 Å². The Labute approximate surface area is 161 Å². The summed E-state index contributed by atoms with van der Waals surface area (Å²) in [5, 5.41) is 0. The molecule has 27 heavy (non-hydrogen) atoms. The Hall–Kier alpha value is -1.67. The molecule has 0 aliphatic carbocycles. The van der Waals surface area contributed by atoms with Crippen molar-refractivity contribution in [1.82, 2.24) is 19.6 Å². The molecular weight excluding hydrogens is 348 g/mol. The molecular formula is C19H32N4O4. The van der Waals surface area contributed by atoms with E-state index in [1.165, 1.54) is 4.90 Å². The van der Waals surface area contributed by atoms with Crippen LogP contribution in [0.5, 0.6) is 0 Å². The quantitative estimate of drug-likeness (QED) is 0.666. The van der Waals surface area contributed by atoms with E-state index in [-0.39, 0.29) is 29.9 Å². The molecule has 1 spiro atoms. The van der Waals surface area contributed by atoms with E-state index >= 15 is 0 Å². The summed E-state index contributed by atoms with van der Waals surface area (Å²) in [7, 11) is 5.29. The van der Waals surface area contributed by atoms with Gasteiger partial charge in [0.2, 0.25) is 17.7 Å². The monoisotopic (exact) mass is 380 g/mol. The van der Waals surface area contributed by atoms with Crippen LogP contribution in [0.25, 0.3) is 0 Å². The molecule has 0 bridgehead atoms. The average Bonchev–Trinajstić information content (AvgIpc) is 2.84. The van der Waals surface area contributed by atoms with Crippen molar-refractivity contribution >= 4 is 17.7 Å². The number of ether oxygens (including phenoxy) is 1. The predicted molar refractivity (Wildman–Crippen MR) is 100.0 cm³/mol. The number of amides is 3. The summed E-state index contributed by atoms with van der Waals surface area (Å²) in [6.45, 7) is 4.62. The van der Waals surface area contributed by atoms with Crippen LogP contribution in [0.15, 0.2) is 0 Å². The molecule has 3 heterocycles. The van der Waals surface area contributed by atoms with E-state index in [0.717, 1.165) is 39.0 Å². The van der Waals surface area contributed by atoms with Crippen molar-refractivity contribution < 1.29 is 19.1 Å². The first-order chi connectivity index (χ1) is 12.8. The van der Waals surface area contributed by atoms with E-state index < -0.39 is 0 Å². The number of likely N-dealkylation sites (tertiary alicyclic amines) is 2. The lowest BCUT2D eigenvalue weighted by molar-refractivity contribution is -0.140. The zero-order chi connectivity index (χ0) is 19.6. The largest absolute Gasteiger partial charge is 0.373 e. The number of likely N-dealkylation sites (N-methyl/N-ethyl adjacent to an activating group) is 1. The molecule has 0 N–H and O–H groups in total. The highest BCUT2D eigenvalue weighted by atomic mass is 16.5. The number of carbonyl (C=O) groups excluding carboxylic acids is 3. The van der Waals surface area contributed by atoms with Crippen molar-refractivity contribution in [2.75, 3.05) is 67.0 Å². The smallest absolute Gasteiger partial charge is 0.241 e. The summed E-state index contributed by atoms with van der Waals surface area (Å²) in [5.41, 5.74) is -0.350. The molecule has 0 aromatic carbocycles. The summed E-state index contributed by atoms with van der Waals surface area (Å²) in [6.07, 6.45) is 2.68. The Bertz CT molecular complexity index is 586. The molecule has 0 saturated carbocycles. The second-order valence-electron chi connectivity index (χ2n) is 8.46. The standard InChI is InChI=1S/C19H32N4O4/c1-20(2)18(26)13-23-14-19(27-9-4-16(23)24)5-7-22(8-6-19)12-15-10-17(25)21(3)11-15/h15H,4-14H2,1-3H3. The lowest BCUT2D eigenvalue weighted by atomic mass is 9.89. The van der Waals surface area contributed by atoms with Crippen molar-refractivity contribution in [2.24, 2.45) is 5.92 Å². The highest BCUT2D eigenvalue weighted by Gasteiger charge is 2.41. The Balaban J connectivity index is 1.56. The number of rotatable bonds is 4. The SMILES string of the molecule is CN(C)C(=O)CN1CC2(CCN(CC3CC(=O)N(C)C3)CC2)OCCC1=O. The van der Waals surface area contributed by atoms with E-state index in [1.807, 2.05) is 11.9 Å². The van der Waals surface area contributed by atoms with Crippen molar-refractivity contribution in [3.8, 4) is 0 Å². The van der Waals surface area contributed by atoms with Gasteiger partial charge in [-0.1, -0.05) is 0 Å². The van der Waals surface area contributed by atoms with E-state index in [4.69, 9.17) is 4.74 Å². The van der Waals surface area contributed by atoms with Crippen molar-refractivity contribution in [1.29, 1.82) is 0 Å². The minimum Gasteiger partial charge on any atom is -0.373 e. The third-order valence-corrected chi connectivity index (χ3v) is 6.09. The van der Waals surface area contributed by atoms with Crippen LogP contribution in [0.1, 0.15) is 25.7 Å². The number of piperidine rings is 1. The second kappa shape index (κ2) is 8.14. The molecule has 1 unspecified atom stereocenters. The first-order valence-corrected chi connectivity index (χ1v) is 9.86. The van der Waals surface area contributed by atoms with E-state index in [1.54, 1.807) is 19.0 Å². The van der Waals surface area contributed by atoms with Crippen LogP contribution < -0.4 is 0 Å². The van der Waals surface area contributed by atoms with Crippen LogP contribution in [0.2, 0.25) is 0 Å². The average molecular weight is 380 g/mol. The van der Waals surface area contributed by atoms with Gasteiger partial charge < -0.3 is 24.3 Å². The van der Waals surface area contributed by atoms with E-state index in [0.29, 0.717) is 31.9 Å². The third-order valence-electron chi connectivity index (χ3n) is 6.09. The van der Waals surface area contributed by atoms with Crippen LogP contribution in [-0.4, -0.2) is 110 Å². The van der Waals surface area contributed by atoms with Crippen LogP contribution in [-0.2, 0) is 19.1 Å². The minimum atomic E-state index is -0.350. The molecule has 0 aromatic heterocycles. The summed E-state index contributed by atoms with van der Waals surface area (Å²) in [5.74, 6) is 0.576. The Morgan fingerprint density at radius 1 is 1.22 bits per heavy atom. The zero-order valence-electron chi connectivity index (χ0n) is 16.8. The van der Waals surface area contributed by atoms with Crippen molar-refractivity contribution in [2.45, 2.75) is 31.3 Å². The Morgan fingerprint density at radius 2 is 1.93 bits per heavy atom. The maximum atomic E-state index is 12.4. The fourth-order valence-corrected chi connectivity index (χ4v) is 4.33. The molecule has 152 valence electrons. The highest BCUT2D eigenvalue weighted by Crippen LogP contribution is 2.31. The molecule has 3 aliphatic heterocycles. The maximum Gasteiger partial charge on any atom is 0.241 e. The number of carbonyl (C=O) groups is 3. The van der Waals surface area contributed by atoms with Gasteiger partial charge in [0.15, 0.2) is 0 Å². The summed E-state index contributed by atoms with van der Waals surface area (Å²) in [6, 6.07) is 0. The predicted octanol–water partition coefficient (Wildman–Crippen LogP) is -0.364. The Kier molecular flexibility index (Phi) is 6.05. The molecule has 8 heteroatoms. The van der Waals surface area contributed by atoms with Crippen LogP contribution >= 0.6 is 0 Å². The van der Waals surface area contributed by atoms with Crippen LogP contribution in [0.4, 0.5) is 0 Å². The molecule has 8 nitrogen and oxygen atoms in total. The van der Waals surface area contributed by atoms with Gasteiger partial charge >= 0.3 is 0 Å². The van der Waals surface area contributed by atoms with Gasteiger partial charge in [-0.05, 0) is 18.8 Å². The first-order valence-electron chi connectivity index (χ1n) is 9.86. The molecule has 3 fully saturated rings. The van der Waals surface area contributed by atoms with E-state index in [9.17, 15) is 14.4 Å². The highest BCUT2D eigenvalue weighted by molar-refractivity contribution is 5.84. The molecule has 0 radical (unpaired) electrons. The Morgan fingerprint density at radius 3 is 2.52 bits per heavy atom. The number of hydrogen-bond acceptors (Lipinski definition) is 5. The molecule has 3 saturated heterocycles. The lowest BCUT2D eigenvalue weighted by Gasteiger charge is -2.43. The van der Waals surface area contributed by atoms with Crippen LogP contribution in [0.3, 0.4) is 0 Å². The van der Waals surface area contributed by atoms with Gasteiger partial charge in [-0.15, -0.1) is 0 Å². The first kappa shape index (κ1) is 20.1. The van der Waals surface area contributed by atoms with Gasteiger partial charge in [0, 0.05) is 53.7 Å². The van der Waals surface area contributed by atoms with Crippen molar-refractivity contribution in [3.63, 3.8) is 0 Å². The molecule has 3 rings (SSSR count). The molecule has 0 aromatic rings.